The highest BCUT2D eigenvalue weighted by Crippen LogP contribution is 2.05. The summed E-state index contributed by atoms with van der Waals surface area (Å²) in [6.07, 6.45) is 2.45. The minimum Gasteiger partial charge on any atom is -0.356 e. The SMILES string of the molecule is Cc1ccc(CCC(=O)NCCCN2CCN(C)CC2)cc1. The van der Waals surface area contributed by atoms with Crippen LogP contribution in [0.4, 0.5) is 0 Å². The molecule has 0 aliphatic carbocycles. The number of piperazine rings is 1. The van der Waals surface area contributed by atoms with E-state index in [0.29, 0.717) is 6.42 Å². The number of aryl methyl sites for hydroxylation is 2. The first-order valence-electron chi connectivity index (χ1n) is 8.36. The number of nitrogens with one attached hydrogen (secondary N) is 1. The summed E-state index contributed by atoms with van der Waals surface area (Å²) in [5, 5.41) is 3.04. The van der Waals surface area contributed by atoms with Crippen LogP contribution >= 0.6 is 0 Å². The maximum absolute atomic E-state index is 11.8. The lowest BCUT2D eigenvalue weighted by atomic mass is 10.1. The van der Waals surface area contributed by atoms with Crippen LogP contribution in [0.3, 0.4) is 0 Å². The predicted octanol–water partition coefficient (Wildman–Crippen LogP) is 1.68. The number of nitrogens with zero attached hydrogens (tertiary/aromatic N) is 2. The third-order valence-corrected chi connectivity index (χ3v) is 4.33. The molecule has 2 rings (SSSR count). The molecule has 122 valence electrons. The van der Waals surface area contributed by atoms with E-state index in [9.17, 15) is 4.79 Å². The van der Waals surface area contributed by atoms with Crippen LogP contribution in [0.5, 0.6) is 0 Å². The Bertz CT molecular complexity index is 450. The molecular formula is C18H29N3O. The second-order valence-corrected chi connectivity index (χ2v) is 6.33. The Kier molecular flexibility index (Phi) is 6.87. The van der Waals surface area contributed by atoms with Crippen molar-refractivity contribution < 1.29 is 4.79 Å². The first-order chi connectivity index (χ1) is 10.6. The van der Waals surface area contributed by atoms with E-state index in [0.717, 1.165) is 52.1 Å². The lowest BCUT2D eigenvalue weighted by molar-refractivity contribution is -0.121. The van der Waals surface area contributed by atoms with E-state index < -0.39 is 0 Å². The number of carbonyl (C=O) groups excluding carboxylic acids is 1. The lowest BCUT2D eigenvalue weighted by Crippen LogP contribution is -2.45. The van der Waals surface area contributed by atoms with Gasteiger partial charge in [0.25, 0.3) is 0 Å². The minimum atomic E-state index is 0.166. The molecule has 1 N–H and O–H groups in total. The molecule has 0 saturated carbocycles. The Labute approximate surface area is 134 Å². The highest BCUT2D eigenvalue weighted by Gasteiger charge is 2.12. The quantitative estimate of drug-likeness (QED) is 0.779. The first-order valence-corrected chi connectivity index (χ1v) is 8.36. The van der Waals surface area contributed by atoms with E-state index >= 15 is 0 Å². The van der Waals surface area contributed by atoms with Gasteiger partial charge in [-0.15, -0.1) is 0 Å². The van der Waals surface area contributed by atoms with Gasteiger partial charge >= 0.3 is 0 Å². The van der Waals surface area contributed by atoms with Crippen molar-refractivity contribution in [3.8, 4) is 0 Å². The topological polar surface area (TPSA) is 35.6 Å². The first kappa shape index (κ1) is 17.0. The Morgan fingerprint density at radius 3 is 2.50 bits per heavy atom. The Morgan fingerprint density at radius 1 is 1.14 bits per heavy atom. The molecule has 0 aromatic heterocycles. The molecule has 1 aliphatic rings. The minimum absolute atomic E-state index is 0.166. The molecule has 4 heteroatoms. The molecule has 0 spiro atoms. The fourth-order valence-corrected chi connectivity index (χ4v) is 2.70. The molecule has 1 amide bonds. The largest absolute Gasteiger partial charge is 0.356 e. The van der Waals surface area contributed by atoms with Gasteiger partial charge in [0.1, 0.15) is 0 Å². The van der Waals surface area contributed by atoms with Crippen LogP contribution in [-0.2, 0) is 11.2 Å². The van der Waals surface area contributed by atoms with Gasteiger partial charge in [0.05, 0.1) is 0 Å². The predicted molar refractivity (Wildman–Crippen MR) is 91.1 cm³/mol. The maximum atomic E-state index is 11.8. The van der Waals surface area contributed by atoms with Gasteiger partial charge in [-0.1, -0.05) is 29.8 Å². The van der Waals surface area contributed by atoms with Gasteiger partial charge in [0, 0.05) is 39.1 Å². The summed E-state index contributed by atoms with van der Waals surface area (Å²) in [5.41, 5.74) is 2.50. The molecule has 1 aromatic carbocycles. The molecule has 0 bridgehead atoms. The summed E-state index contributed by atoms with van der Waals surface area (Å²) in [7, 11) is 2.17. The molecule has 0 unspecified atom stereocenters. The molecule has 4 nitrogen and oxygen atoms in total. The second kappa shape index (κ2) is 8.91. The van der Waals surface area contributed by atoms with Gasteiger partial charge in [-0.3, -0.25) is 4.79 Å². The summed E-state index contributed by atoms with van der Waals surface area (Å²) in [6, 6.07) is 8.42. The molecule has 1 aromatic rings. The summed E-state index contributed by atoms with van der Waals surface area (Å²) >= 11 is 0. The van der Waals surface area contributed by atoms with Crippen molar-refractivity contribution in [3.63, 3.8) is 0 Å². The lowest BCUT2D eigenvalue weighted by Gasteiger charge is -2.32. The van der Waals surface area contributed by atoms with Gasteiger partial charge < -0.3 is 15.1 Å². The number of benzene rings is 1. The van der Waals surface area contributed by atoms with E-state index in [-0.39, 0.29) is 5.91 Å². The molecule has 1 saturated heterocycles. The Hall–Kier alpha value is -1.39. The zero-order chi connectivity index (χ0) is 15.8. The third-order valence-electron chi connectivity index (χ3n) is 4.33. The van der Waals surface area contributed by atoms with Gasteiger partial charge in [0.15, 0.2) is 0 Å². The van der Waals surface area contributed by atoms with E-state index in [1.165, 1.54) is 11.1 Å². The number of hydrogen-bond acceptors (Lipinski definition) is 3. The van der Waals surface area contributed by atoms with Crippen molar-refractivity contribution in [1.29, 1.82) is 0 Å². The van der Waals surface area contributed by atoms with E-state index in [1.54, 1.807) is 0 Å². The Morgan fingerprint density at radius 2 is 1.82 bits per heavy atom. The van der Waals surface area contributed by atoms with Crippen molar-refractivity contribution in [2.45, 2.75) is 26.2 Å². The van der Waals surface area contributed by atoms with Crippen molar-refractivity contribution in [3.05, 3.63) is 35.4 Å². The van der Waals surface area contributed by atoms with E-state index in [1.807, 2.05) is 0 Å². The van der Waals surface area contributed by atoms with Gasteiger partial charge in [-0.05, 0) is 38.9 Å². The zero-order valence-corrected chi connectivity index (χ0v) is 14.0. The third kappa shape index (κ3) is 6.16. The molecular weight excluding hydrogens is 274 g/mol. The summed E-state index contributed by atoms with van der Waals surface area (Å²) in [6.45, 7) is 8.57. The van der Waals surface area contributed by atoms with Crippen LogP contribution in [-0.4, -0.2) is 62.0 Å². The number of rotatable bonds is 7. The molecule has 0 atom stereocenters. The van der Waals surface area contributed by atoms with Crippen LogP contribution in [0.1, 0.15) is 24.0 Å². The van der Waals surface area contributed by atoms with E-state index in [2.05, 4.69) is 53.4 Å². The van der Waals surface area contributed by atoms with Crippen molar-refractivity contribution >= 4 is 5.91 Å². The summed E-state index contributed by atoms with van der Waals surface area (Å²) in [4.78, 5) is 16.7. The Balaban J connectivity index is 1.53. The molecule has 22 heavy (non-hydrogen) atoms. The molecule has 1 aliphatic heterocycles. The van der Waals surface area contributed by atoms with Crippen molar-refractivity contribution in [2.75, 3.05) is 46.3 Å². The molecule has 1 heterocycles. The van der Waals surface area contributed by atoms with Crippen molar-refractivity contribution in [1.82, 2.24) is 15.1 Å². The smallest absolute Gasteiger partial charge is 0.220 e. The maximum Gasteiger partial charge on any atom is 0.220 e. The van der Waals surface area contributed by atoms with Gasteiger partial charge in [0.2, 0.25) is 5.91 Å². The summed E-state index contributed by atoms with van der Waals surface area (Å²) in [5.74, 6) is 0.166. The number of likely N-dealkylation sites (N-methyl/N-ethyl adjacent to an activating group) is 1. The molecule has 1 fully saturated rings. The van der Waals surface area contributed by atoms with Crippen LogP contribution in [0.25, 0.3) is 0 Å². The van der Waals surface area contributed by atoms with Crippen molar-refractivity contribution in [2.24, 2.45) is 0 Å². The zero-order valence-electron chi connectivity index (χ0n) is 14.0. The van der Waals surface area contributed by atoms with Crippen LogP contribution in [0.2, 0.25) is 0 Å². The average Bonchev–Trinajstić information content (AvgIpc) is 2.53. The normalized spacial score (nSPS) is 16.6. The monoisotopic (exact) mass is 303 g/mol. The fourth-order valence-electron chi connectivity index (χ4n) is 2.70. The van der Waals surface area contributed by atoms with Crippen LogP contribution in [0, 0.1) is 6.92 Å². The molecule has 0 radical (unpaired) electrons. The van der Waals surface area contributed by atoms with Gasteiger partial charge in [-0.25, -0.2) is 0 Å². The summed E-state index contributed by atoms with van der Waals surface area (Å²) < 4.78 is 0. The number of amides is 1. The standard InChI is InChI=1S/C18H29N3O/c1-16-4-6-17(7-5-16)8-9-18(22)19-10-3-11-21-14-12-20(2)13-15-21/h4-7H,3,8-15H2,1-2H3,(H,19,22). The average molecular weight is 303 g/mol. The number of carbonyl (C=O) groups is 1. The highest BCUT2D eigenvalue weighted by molar-refractivity contribution is 5.76. The fraction of sp³-hybridized carbons (Fsp3) is 0.611. The van der Waals surface area contributed by atoms with Crippen LogP contribution < -0.4 is 5.32 Å². The highest BCUT2D eigenvalue weighted by atomic mass is 16.1. The second-order valence-electron chi connectivity index (χ2n) is 6.33. The van der Waals surface area contributed by atoms with Crippen LogP contribution in [0.15, 0.2) is 24.3 Å². The van der Waals surface area contributed by atoms with Gasteiger partial charge in [-0.2, -0.15) is 0 Å². The number of hydrogen-bond donors (Lipinski definition) is 1. The van der Waals surface area contributed by atoms with E-state index in [4.69, 9.17) is 0 Å².